The maximum absolute atomic E-state index is 13.8. The summed E-state index contributed by atoms with van der Waals surface area (Å²) in [6.07, 6.45) is 5.49. The van der Waals surface area contributed by atoms with Crippen LogP contribution in [0, 0.1) is 11.7 Å². The fourth-order valence-electron chi connectivity index (χ4n) is 3.78. The molecule has 0 spiro atoms. The quantitative estimate of drug-likeness (QED) is 0.789. The molecule has 2 N–H and O–H groups in total. The van der Waals surface area contributed by atoms with Crippen LogP contribution in [0.2, 0.25) is 0 Å². The number of halogens is 1. The van der Waals surface area contributed by atoms with Gasteiger partial charge < -0.3 is 15.5 Å². The molecule has 1 heterocycles. The van der Waals surface area contributed by atoms with E-state index in [1.54, 1.807) is 17.0 Å². The van der Waals surface area contributed by atoms with Crippen LogP contribution in [0.5, 0.6) is 0 Å². The Morgan fingerprint density at radius 2 is 1.67 bits per heavy atom. The molecule has 0 bridgehead atoms. The van der Waals surface area contributed by atoms with Gasteiger partial charge in [0.1, 0.15) is 5.82 Å². The van der Waals surface area contributed by atoms with Gasteiger partial charge in [-0.2, -0.15) is 0 Å². The van der Waals surface area contributed by atoms with Gasteiger partial charge in [-0.15, -0.1) is 0 Å². The number of amides is 3. The van der Waals surface area contributed by atoms with E-state index in [-0.39, 0.29) is 23.4 Å². The molecule has 27 heavy (non-hydrogen) atoms. The number of carbonyl (C=O) groups excluding carboxylic acids is 3. The fraction of sp³-hybridized carbons (Fsp3) is 0.550. The van der Waals surface area contributed by atoms with E-state index >= 15 is 0 Å². The molecular weight excluding hydrogens is 349 g/mol. The van der Waals surface area contributed by atoms with E-state index in [1.165, 1.54) is 12.1 Å². The summed E-state index contributed by atoms with van der Waals surface area (Å²) in [6.45, 7) is 1.45. The smallest absolute Gasteiger partial charge is 0.309 e. The summed E-state index contributed by atoms with van der Waals surface area (Å²) in [4.78, 5) is 37.9. The van der Waals surface area contributed by atoms with Crippen molar-refractivity contribution in [2.75, 3.05) is 19.6 Å². The van der Waals surface area contributed by atoms with Gasteiger partial charge in [-0.25, -0.2) is 4.39 Å². The van der Waals surface area contributed by atoms with E-state index < -0.39 is 17.6 Å². The van der Waals surface area contributed by atoms with Crippen LogP contribution in [-0.4, -0.2) is 48.3 Å². The molecule has 6 nitrogen and oxygen atoms in total. The maximum Gasteiger partial charge on any atom is 0.309 e. The van der Waals surface area contributed by atoms with Crippen LogP contribution in [0.1, 0.15) is 48.9 Å². The molecule has 0 aromatic heterocycles. The Kier molecular flexibility index (Phi) is 6.42. The van der Waals surface area contributed by atoms with Crippen molar-refractivity contribution in [3.8, 4) is 0 Å². The molecule has 0 radical (unpaired) electrons. The third-order valence-electron chi connectivity index (χ3n) is 5.45. The molecule has 0 atom stereocenters. The second-order valence-corrected chi connectivity index (χ2v) is 7.38. The standard InChI is InChI=1S/C20H26FN3O3/c21-17-8-4-3-7-16(17)20(27)24-11-9-14(10-12-24)13-22-18(25)19(26)23-15-5-1-2-6-15/h3-4,7-8,14-15H,1-2,5-6,9-13H2,(H,22,25)(H,23,26). The summed E-state index contributed by atoms with van der Waals surface area (Å²) in [5.74, 6) is -1.75. The summed E-state index contributed by atoms with van der Waals surface area (Å²) in [7, 11) is 0. The van der Waals surface area contributed by atoms with Crippen LogP contribution in [0.4, 0.5) is 4.39 Å². The topological polar surface area (TPSA) is 78.5 Å². The molecule has 2 fully saturated rings. The Morgan fingerprint density at radius 3 is 2.33 bits per heavy atom. The molecule has 3 amide bonds. The van der Waals surface area contributed by atoms with Gasteiger partial charge in [0.05, 0.1) is 5.56 Å². The van der Waals surface area contributed by atoms with Crippen LogP contribution >= 0.6 is 0 Å². The molecule has 7 heteroatoms. The highest BCUT2D eigenvalue weighted by atomic mass is 19.1. The zero-order chi connectivity index (χ0) is 19.2. The minimum absolute atomic E-state index is 0.0906. The van der Waals surface area contributed by atoms with Crippen molar-refractivity contribution in [1.82, 2.24) is 15.5 Å². The molecule has 1 aromatic rings. The second kappa shape index (κ2) is 8.97. The van der Waals surface area contributed by atoms with E-state index in [0.717, 1.165) is 25.7 Å². The first-order chi connectivity index (χ1) is 13.0. The van der Waals surface area contributed by atoms with Crippen molar-refractivity contribution < 1.29 is 18.8 Å². The number of hydrogen-bond donors (Lipinski definition) is 2. The highest BCUT2D eigenvalue weighted by Gasteiger charge is 2.26. The lowest BCUT2D eigenvalue weighted by Crippen LogP contribution is -2.46. The van der Waals surface area contributed by atoms with Gasteiger partial charge in [0.25, 0.3) is 5.91 Å². The Bertz CT molecular complexity index is 695. The average Bonchev–Trinajstić information content (AvgIpc) is 3.19. The fourth-order valence-corrected chi connectivity index (χ4v) is 3.78. The molecule has 0 unspecified atom stereocenters. The summed E-state index contributed by atoms with van der Waals surface area (Å²) < 4.78 is 13.8. The summed E-state index contributed by atoms with van der Waals surface area (Å²) in [5, 5.41) is 5.47. The van der Waals surface area contributed by atoms with Gasteiger partial charge in [0, 0.05) is 25.7 Å². The SMILES string of the molecule is O=C(NCC1CCN(C(=O)c2ccccc2F)CC1)C(=O)NC1CCCC1. The van der Waals surface area contributed by atoms with Crippen LogP contribution in [0.25, 0.3) is 0 Å². The third kappa shape index (κ3) is 5.05. The van der Waals surface area contributed by atoms with Crippen molar-refractivity contribution in [1.29, 1.82) is 0 Å². The largest absolute Gasteiger partial charge is 0.348 e. The van der Waals surface area contributed by atoms with E-state index in [0.29, 0.717) is 32.5 Å². The van der Waals surface area contributed by atoms with Gasteiger partial charge in [-0.05, 0) is 43.7 Å². The lowest BCUT2D eigenvalue weighted by Gasteiger charge is -2.32. The number of rotatable bonds is 4. The number of benzene rings is 1. The molecule has 1 aromatic carbocycles. The van der Waals surface area contributed by atoms with Crippen molar-refractivity contribution in [3.05, 3.63) is 35.6 Å². The van der Waals surface area contributed by atoms with E-state index in [9.17, 15) is 18.8 Å². The van der Waals surface area contributed by atoms with Crippen LogP contribution in [0.3, 0.4) is 0 Å². The van der Waals surface area contributed by atoms with Crippen molar-refractivity contribution in [2.45, 2.75) is 44.6 Å². The Balaban J connectivity index is 1.40. The van der Waals surface area contributed by atoms with Crippen molar-refractivity contribution >= 4 is 17.7 Å². The molecule has 1 saturated carbocycles. The van der Waals surface area contributed by atoms with Crippen molar-refractivity contribution in [2.24, 2.45) is 5.92 Å². The van der Waals surface area contributed by atoms with Gasteiger partial charge in [0.15, 0.2) is 0 Å². The maximum atomic E-state index is 13.8. The first kappa shape index (κ1) is 19.3. The lowest BCUT2D eigenvalue weighted by molar-refractivity contribution is -0.139. The van der Waals surface area contributed by atoms with Gasteiger partial charge in [0.2, 0.25) is 0 Å². The number of likely N-dealkylation sites (tertiary alicyclic amines) is 1. The van der Waals surface area contributed by atoms with Crippen LogP contribution in [0.15, 0.2) is 24.3 Å². The third-order valence-corrected chi connectivity index (χ3v) is 5.45. The summed E-state index contributed by atoms with van der Waals surface area (Å²) in [5.41, 5.74) is 0.0906. The number of carbonyl (C=O) groups is 3. The van der Waals surface area contributed by atoms with Crippen molar-refractivity contribution in [3.63, 3.8) is 0 Å². The van der Waals surface area contributed by atoms with Crippen LogP contribution in [-0.2, 0) is 9.59 Å². The first-order valence-corrected chi connectivity index (χ1v) is 9.67. The number of piperidine rings is 1. The first-order valence-electron chi connectivity index (χ1n) is 9.67. The number of hydrogen-bond acceptors (Lipinski definition) is 3. The summed E-state index contributed by atoms with van der Waals surface area (Å²) in [6, 6.07) is 6.11. The Hall–Kier alpha value is -2.44. The molecular formula is C20H26FN3O3. The zero-order valence-electron chi connectivity index (χ0n) is 15.4. The molecule has 3 rings (SSSR count). The minimum Gasteiger partial charge on any atom is -0.348 e. The van der Waals surface area contributed by atoms with Gasteiger partial charge >= 0.3 is 11.8 Å². The van der Waals surface area contributed by atoms with E-state index in [2.05, 4.69) is 10.6 Å². The zero-order valence-corrected chi connectivity index (χ0v) is 15.4. The van der Waals surface area contributed by atoms with E-state index in [4.69, 9.17) is 0 Å². The molecule has 146 valence electrons. The normalized spacial score (nSPS) is 18.3. The molecule has 1 saturated heterocycles. The van der Waals surface area contributed by atoms with Gasteiger partial charge in [-0.3, -0.25) is 14.4 Å². The minimum atomic E-state index is -0.591. The summed E-state index contributed by atoms with van der Waals surface area (Å²) >= 11 is 0. The Labute approximate surface area is 158 Å². The molecule has 2 aliphatic rings. The highest BCUT2D eigenvalue weighted by Crippen LogP contribution is 2.20. The van der Waals surface area contributed by atoms with Gasteiger partial charge in [-0.1, -0.05) is 25.0 Å². The average molecular weight is 375 g/mol. The predicted octanol–water partition coefficient (Wildman–Crippen LogP) is 1.85. The lowest BCUT2D eigenvalue weighted by atomic mass is 9.96. The predicted molar refractivity (Wildman–Crippen MR) is 98.4 cm³/mol. The molecule has 1 aliphatic carbocycles. The second-order valence-electron chi connectivity index (χ2n) is 7.38. The Morgan fingerprint density at radius 1 is 1.00 bits per heavy atom. The van der Waals surface area contributed by atoms with Crippen LogP contribution < -0.4 is 10.6 Å². The monoisotopic (exact) mass is 375 g/mol. The number of nitrogens with one attached hydrogen (secondary N) is 2. The van der Waals surface area contributed by atoms with E-state index in [1.807, 2.05) is 0 Å². The highest BCUT2D eigenvalue weighted by molar-refractivity contribution is 6.35. The number of nitrogens with zero attached hydrogens (tertiary/aromatic N) is 1. The molecule has 1 aliphatic heterocycles.